The highest BCUT2D eigenvalue weighted by atomic mass is 14.7. The standard InChI is InChI=1S/C26H16N2/c1-2-16-12-22-18(4-6-26-20(22)8-10-28-26)14-24(16)23-13-17-3-5-25-19(7-9-27-25)21(17)11-15(1)23/h1-6,9-14H,7-8H2. The van der Waals surface area contributed by atoms with Gasteiger partial charge in [-0.25, -0.2) is 0 Å². The Bertz CT molecular complexity index is 1440. The Morgan fingerprint density at radius 2 is 0.857 bits per heavy atom. The van der Waals surface area contributed by atoms with E-state index in [0.29, 0.717) is 0 Å². The van der Waals surface area contributed by atoms with Gasteiger partial charge in [-0.15, -0.1) is 0 Å². The molecule has 0 saturated heterocycles. The van der Waals surface area contributed by atoms with Crippen LogP contribution >= 0.6 is 0 Å². The van der Waals surface area contributed by atoms with E-state index in [9.17, 15) is 0 Å². The molecule has 0 aliphatic carbocycles. The summed E-state index contributed by atoms with van der Waals surface area (Å²) in [7, 11) is 0. The third-order valence-electron chi connectivity index (χ3n) is 6.34. The number of nitrogens with zero attached hydrogens (tertiary/aromatic N) is 2. The van der Waals surface area contributed by atoms with E-state index >= 15 is 0 Å². The monoisotopic (exact) mass is 356 g/mol. The molecule has 0 spiro atoms. The van der Waals surface area contributed by atoms with E-state index in [4.69, 9.17) is 0 Å². The Morgan fingerprint density at radius 3 is 1.36 bits per heavy atom. The number of rotatable bonds is 0. The van der Waals surface area contributed by atoms with E-state index in [1.54, 1.807) is 0 Å². The summed E-state index contributed by atoms with van der Waals surface area (Å²) in [6.07, 6.45) is 5.90. The van der Waals surface area contributed by atoms with Crippen molar-refractivity contribution in [1.82, 2.24) is 0 Å². The van der Waals surface area contributed by atoms with Crippen LogP contribution in [0.5, 0.6) is 0 Å². The van der Waals surface area contributed by atoms with Crippen molar-refractivity contribution in [2.45, 2.75) is 12.8 Å². The van der Waals surface area contributed by atoms with Gasteiger partial charge in [0.15, 0.2) is 0 Å². The summed E-state index contributed by atoms with van der Waals surface area (Å²) in [5.41, 5.74) is 4.95. The van der Waals surface area contributed by atoms with Crippen LogP contribution in [0.1, 0.15) is 11.1 Å². The molecule has 0 aromatic heterocycles. The minimum absolute atomic E-state index is 0.934. The van der Waals surface area contributed by atoms with Crippen LogP contribution in [0.2, 0.25) is 0 Å². The summed E-state index contributed by atoms with van der Waals surface area (Å²) >= 11 is 0. The highest BCUT2D eigenvalue weighted by Gasteiger charge is 2.14. The van der Waals surface area contributed by atoms with Crippen molar-refractivity contribution >= 4 is 66.9 Å². The smallest absolute Gasteiger partial charge is 0.0667 e. The van der Waals surface area contributed by atoms with E-state index in [2.05, 4.69) is 70.6 Å². The number of aliphatic imine (C=N–C) groups is 2. The van der Waals surface area contributed by atoms with Crippen molar-refractivity contribution in [3.63, 3.8) is 0 Å². The van der Waals surface area contributed by atoms with Crippen LogP contribution in [0.3, 0.4) is 0 Å². The summed E-state index contributed by atoms with van der Waals surface area (Å²) in [5, 5.41) is 10.5. The van der Waals surface area contributed by atoms with Crippen LogP contribution in [-0.4, -0.2) is 12.4 Å². The zero-order valence-electron chi connectivity index (χ0n) is 15.2. The van der Waals surface area contributed by atoms with Crippen LogP contribution in [0.15, 0.2) is 70.6 Å². The van der Waals surface area contributed by atoms with Crippen molar-refractivity contribution in [3.05, 3.63) is 71.8 Å². The maximum absolute atomic E-state index is 4.51. The lowest BCUT2D eigenvalue weighted by Gasteiger charge is -2.11. The first-order chi connectivity index (χ1) is 13.8. The highest BCUT2D eigenvalue weighted by molar-refractivity contribution is 6.16. The summed E-state index contributed by atoms with van der Waals surface area (Å²) in [4.78, 5) is 9.01. The van der Waals surface area contributed by atoms with Gasteiger partial charge in [0.05, 0.1) is 11.4 Å². The van der Waals surface area contributed by atoms with Crippen LogP contribution in [0, 0.1) is 0 Å². The number of benzene rings is 5. The lowest BCUT2D eigenvalue weighted by Crippen LogP contribution is -1.87. The molecule has 0 radical (unpaired) electrons. The molecule has 28 heavy (non-hydrogen) atoms. The van der Waals surface area contributed by atoms with Crippen molar-refractivity contribution in [2.24, 2.45) is 9.98 Å². The highest BCUT2D eigenvalue weighted by Crippen LogP contribution is 2.39. The molecule has 2 aliphatic rings. The molecule has 130 valence electrons. The molecule has 5 aromatic rings. The molecule has 7 rings (SSSR count). The van der Waals surface area contributed by atoms with Crippen molar-refractivity contribution < 1.29 is 0 Å². The fourth-order valence-corrected chi connectivity index (χ4v) is 4.94. The van der Waals surface area contributed by atoms with E-state index in [1.165, 1.54) is 54.2 Å². The molecule has 5 aromatic carbocycles. The van der Waals surface area contributed by atoms with Crippen LogP contribution < -0.4 is 0 Å². The van der Waals surface area contributed by atoms with Crippen molar-refractivity contribution in [1.29, 1.82) is 0 Å². The van der Waals surface area contributed by atoms with E-state index in [-0.39, 0.29) is 0 Å². The largest absolute Gasteiger partial charge is 0.261 e. The third kappa shape index (κ3) is 1.82. The predicted molar refractivity (Wildman–Crippen MR) is 120 cm³/mol. The Labute approximate surface area is 161 Å². The predicted octanol–water partition coefficient (Wildman–Crippen LogP) is 6.82. The second-order valence-corrected chi connectivity index (χ2v) is 7.81. The molecular formula is C26H16N2. The van der Waals surface area contributed by atoms with Crippen LogP contribution in [0.4, 0.5) is 11.4 Å². The number of fused-ring (bicyclic) bond motifs is 9. The maximum Gasteiger partial charge on any atom is 0.0667 e. The zero-order valence-corrected chi connectivity index (χ0v) is 15.2. The lowest BCUT2D eigenvalue weighted by molar-refractivity contribution is 1.46. The van der Waals surface area contributed by atoms with Gasteiger partial charge in [0.2, 0.25) is 0 Å². The molecule has 0 saturated carbocycles. The zero-order chi connectivity index (χ0) is 18.2. The lowest BCUT2D eigenvalue weighted by atomic mass is 9.92. The van der Waals surface area contributed by atoms with Gasteiger partial charge in [0.25, 0.3) is 0 Å². The number of hydrogen-bond donors (Lipinski definition) is 0. The molecule has 0 amide bonds. The van der Waals surface area contributed by atoms with Gasteiger partial charge in [0, 0.05) is 25.3 Å². The quantitative estimate of drug-likeness (QED) is 0.215. The molecule has 2 nitrogen and oxygen atoms in total. The molecule has 2 heteroatoms. The average Bonchev–Trinajstić information content (AvgIpc) is 3.40. The topological polar surface area (TPSA) is 24.7 Å². The molecule has 0 unspecified atom stereocenters. The summed E-state index contributed by atoms with van der Waals surface area (Å²) in [6, 6.07) is 22.6. The van der Waals surface area contributed by atoms with Gasteiger partial charge in [-0.1, -0.05) is 24.3 Å². The molecule has 0 atom stereocenters. The minimum atomic E-state index is 0.934. The van der Waals surface area contributed by atoms with Gasteiger partial charge in [-0.05, 0) is 90.6 Å². The second kappa shape index (κ2) is 5.05. The minimum Gasteiger partial charge on any atom is -0.261 e. The van der Waals surface area contributed by atoms with Gasteiger partial charge in [0.1, 0.15) is 0 Å². The average molecular weight is 356 g/mol. The van der Waals surface area contributed by atoms with E-state index < -0.39 is 0 Å². The van der Waals surface area contributed by atoms with Gasteiger partial charge in [-0.2, -0.15) is 0 Å². The Hall–Kier alpha value is -3.52. The summed E-state index contributed by atoms with van der Waals surface area (Å²) in [6.45, 7) is 0. The van der Waals surface area contributed by atoms with E-state index in [0.717, 1.165) is 24.2 Å². The second-order valence-electron chi connectivity index (χ2n) is 7.81. The first-order valence-corrected chi connectivity index (χ1v) is 9.78. The first kappa shape index (κ1) is 14.5. The molecule has 0 bridgehead atoms. The van der Waals surface area contributed by atoms with Gasteiger partial charge < -0.3 is 0 Å². The summed E-state index contributed by atoms with van der Waals surface area (Å²) < 4.78 is 0. The molecule has 0 N–H and O–H groups in total. The van der Waals surface area contributed by atoms with Crippen LogP contribution in [0.25, 0.3) is 43.1 Å². The Kier molecular flexibility index (Phi) is 2.62. The normalized spacial score (nSPS) is 14.6. The summed E-state index contributed by atoms with van der Waals surface area (Å²) in [5.74, 6) is 0. The van der Waals surface area contributed by atoms with Gasteiger partial charge >= 0.3 is 0 Å². The molecular weight excluding hydrogens is 340 g/mol. The Morgan fingerprint density at radius 1 is 0.464 bits per heavy atom. The van der Waals surface area contributed by atoms with Crippen molar-refractivity contribution in [3.8, 4) is 0 Å². The third-order valence-corrected chi connectivity index (χ3v) is 6.34. The number of hydrogen-bond acceptors (Lipinski definition) is 2. The SMILES string of the molecule is C1=Nc2ccc3cc4c(ccc5cc6c7c(ccc6cc54)N=CC7)cc3c2C1. The van der Waals surface area contributed by atoms with Crippen molar-refractivity contribution in [2.75, 3.05) is 0 Å². The molecule has 2 aliphatic heterocycles. The fraction of sp³-hybridized carbons (Fsp3) is 0.0769. The molecule has 0 fully saturated rings. The first-order valence-electron chi connectivity index (χ1n) is 9.78. The van der Waals surface area contributed by atoms with Crippen LogP contribution in [-0.2, 0) is 12.8 Å². The fourth-order valence-electron chi connectivity index (χ4n) is 4.94. The van der Waals surface area contributed by atoms with Gasteiger partial charge in [-0.3, -0.25) is 9.98 Å². The molecule has 2 heterocycles. The van der Waals surface area contributed by atoms with E-state index in [1.807, 2.05) is 12.4 Å². The Balaban J connectivity index is 1.59. The maximum atomic E-state index is 4.51.